The van der Waals surface area contributed by atoms with E-state index >= 15 is 0 Å². The van der Waals surface area contributed by atoms with Crippen LogP contribution in [-0.4, -0.2) is 28.4 Å². The van der Waals surface area contributed by atoms with Crippen LogP contribution >= 0.6 is 34.4 Å². The van der Waals surface area contributed by atoms with E-state index in [0.717, 1.165) is 34.5 Å². The molecular formula is C18H20N4OS3. The van der Waals surface area contributed by atoms with Crippen LogP contribution in [0.5, 0.6) is 0 Å². The van der Waals surface area contributed by atoms with Crippen molar-refractivity contribution in [2.24, 2.45) is 0 Å². The number of anilines is 2. The maximum Gasteiger partial charge on any atom is 0.234 e. The first-order valence-electron chi connectivity index (χ1n) is 8.34. The Labute approximate surface area is 165 Å². The van der Waals surface area contributed by atoms with Crippen molar-refractivity contribution in [2.75, 3.05) is 22.9 Å². The molecule has 0 bridgehead atoms. The normalized spacial score (nSPS) is 10.7. The minimum Gasteiger partial charge on any atom is -0.360 e. The molecule has 0 fully saturated rings. The Bertz CT molecular complexity index is 833. The highest BCUT2D eigenvalue weighted by Crippen LogP contribution is 2.25. The van der Waals surface area contributed by atoms with Crippen molar-refractivity contribution in [1.82, 2.24) is 10.2 Å². The SMILES string of the molecule is CCc1cccc(NC(=O)CSc2nnc(NCCc3cccs3)s2)c1. The second-order valence-electron chi connectivity index (χ2n) is 5.52. The van der Waals surface area contributed by atoms with Crippen LogP contribution in [0.25, 0.3) is 0 Å². The molecule has 0 aliphatic rings. The standard InChI is InChI=1S/C18H20N4OS3/c1-2-13-5-3-6-14(11-13)20-16(23)12-25-18-22-21-17(26-18)19-9-8-15-7-4-10-24-15/h3-7,10-11H,2,8-9,12H2,1H3,(H,19,21)(H,20,23). The van der Waals surface area contributed by atoms with Gasteiger partial charge in [0.1, 0.15) is 0 Å². The molecular weight excluding hydrogens is 384 g/mol. The number of aryl methyl sites for hydroxylation is 1. The van der Waals surface area contributed by atoms with Crippen molar-refractivity contribution in [3.63, 3.8) is 0 Å². The molecule has 26 heavy (non-hydrogen) atoms. The zero-order valence-electron chi connectivity index (χ0n) is 14.4. The van der Waals surface area contributed by atoms with Gasteiger partial charge in [0.25, 0.3) is 0 Å². The monoisotopic (exact) mass is 404 g/mol. The molecule has 2 N–H and O–H groups in total. The Hall–Kier alpha value is -1.90. The first-order chi connectivity index (χ1) is 12.7. The predicted octanol–water partition coefficient (Wildman–Crippen LogP) is 4.55. The lowest BCUT2D eigenvalue weighted by atomic mass is 10.1. The van der Waals surface area contributed by atoms with Crippen molar-refractivity contribution in [3.8, 4) is 0 Å². The van der Waals surface area contributed by atoms with Crippen molar-refractivity contribution in [1.29, 1.82) is 0 Å². The summed E-state index contributed by atoms with van der Waals surface area (Å²) in [6.07, 6.45) is 1.92. The van der Waals surface area contributed by atoms with Gasteiger partial charge in [0.15, 0.2) is 4.34 Å². The van der Waals surface area contributed by atoms with Crippen LogP contribution in [-0.2, 0) is 17.6 Å². The summed E-state index contributed by atoms with van der Waals surface area (Å²) in [5.74, 6) is 0.283. The topological polar surface area (TPSA) is 66.9 Å². The van der Waals surface area contributed by atoms with Gasteiger partial charge in [-0.1, -0.05) is 48.2 Å². The maximum absolute atomic E-state index is 12.1. The van der Waals surface area contributed by atoms with E-state index in [1.54, 1.807) is 11.3 Å². The average Bonchev–Trinajstić information content (AvgIpc) is 3.32. The zero-order valence-corrected chi connectivity index (χ0v) is 16.8. The van der Waals surface area contributed by atoms with Gasteiger partial charge in [-0.2, -0.15) is 0 Å². The van der Waals surface area contributed by atoms with Crippen LogP contribution in [0.3, 0.4) is 0 Å². The number of aromatic nitrogens is 2. The van der Waals surface area contributed by atoms with E-state index in [1.165, 1.54) is 33.5 Å². The van der Waals surface area contributed by atoms with Crippen molar-refractivity contribution >= 4 is 51.2 Å². The third kappa shape index (κ3) is 5.82. The van der Waals surface area contributed by atoms with Crippen LogP contribution in [0.1, 0.15) is 17.4 Å². The third-order valence-electron chi connectivity index (χ3n) is 3.58. The molecule has 0 aliphatic carbocycles. The summed E-state index contributed by atoms with van der Waals surface area (Å²) < 4.78 is 0.793. The van der Waals surface area contributed by atoms with Gasteiger partial charge in [-0.3, -0.25) is 4.79 Å². The summed E-state index contributed by atoms with van der Waals surface area (Å²) in [5, 5.41) is 17.3. The Morgan fingerprint density at radius 3 is 2.96 bits per heavy atom. The van der Waals surface area contributed by atoms with Crippen molar-refractivity contribution < 1.29 is 4.79 Å². The lowest BCUT2D eigenvalue weighted by Crippen LogP contribution is -2.14. The van der Waals surface area contributed by atoms with E-state index in [1.807, 2.05) is 18.2 Å². The Morgan fingerprint density at radius 2 is 2.15 bits per heavy atom. The first-order valence-corrected chi connectivity index (χ1v) is 11.0. The summed E-state index contributed by atoms with van der Waals surface area (Å²) in [5.41, 5.74) is 2.04. The molecule has 0 spiro atoms. The van der Waals surface area contributed by atoms with Crippen molar-refractivity contribution in [3.05, 3.63) is 52.2 Å². The number of nitrogens with one attached hydrogen (secondary N) is 2. The summed E-state index contributed by atoms with van der Waals surface area (Å²) in [6, 6.07) is 12.1. The number of amides is 1. The number of thiophene rings is 1. The highest BCUT2D eigenvalue weighted by atomic mass is 32.2. The molecule has 0 saturated heterocycles. The van der Waals surface area contributed by atoms with Crippen LogP contribution < -0.4 is 10.6 Å². The molecule has 3 rings (SSSR count). The Balaban J connectivity index is 1.41. The van der Waals surface area contributed by atoms with Gasteiger partial charge in [0.2, 0.25) is 11.0 Å². The Kier molecular flexibility index (Phi) is 7.04. The van der Waals surface area contributed by atoms with E-state index in [2.05, 4.69) is 51.3 Å². The molecule has 0 aliphatic heterocycles. The van der Waals surface area contributed by atoms with E-state index in [0.29, 0.717) is 5.75 Å². The quantitative estimate of drug-likeness (QED) is 0.512. The number of hydrogen-bond donors (Lipinski definition) is 2. The lowest BCUT2D eigenvalue weighted by molar-refractivity contribution is -0.113. The fourth-order valence-corrected chi connectivity index (χ4v) is 4.57. The molecule has 2 aromatic heterocycles. The van der Waals surface area contributed by atoms with Gasteiger partial charge in [-0.05, 0) is 42.0 Å². The first kappa shape index (κ1) is 18.9. The molecule has 1 amide bonds. The number of carbonyl (C=O) groups excluding carboxylic acids is 1. The number of rotatable bonds is 9. The van der Waals surface area contributed by atoms with Crippen LogP contribution in [0.2, 0.25) is 0 Å². The molecule has 2 heterocycles. The molecule has 0 saturated carbocycles. The largest absolute Gasteiger partial charge is 0.360 e. The van der Waals surface area contributed by atoms with Crippen LogP contribution in [0.4, 0.5) is 10.8 Å². The summed E-state index contributed by atoms with van der Waals surface area (Å²) in [7, 11) is 0. The minimum absolute atomic E-state index is 0.0364. The number of carbonyl (C=O) groups is 1. The highest BCUT2D eigenvalue weighted by molar-refractivity contribution is 8.01. The predicted molar refractivity (Wildman–Crippen MR) is 112 cm³/mol. The van der Waals surface area contributed by atoms with E-state index in [9.17, 15) is 4.79 Å². The second kappa shape index (κ2) is 9.70. The van der Waals surface area contributed by atoms with Crippen molar-refractivity contribution in [2.45, 2.75) is 24.1 Å². The fraction of sp³-hybridized carbons (Fsp3) is 0.278. The summed E-state index contributed by atoms with van der Waals surface area (Å²) in [4.78, 5) is 13.5. The zero-order chi connectivity index (χ0) is 18.2. The van der Waals surface area contributed by atoms with E-state index in [4.69, 9.17) is 0 Å². The molecule has 8 heteroatoms. The number of thioether (sulfide) groups is 1. The molecule has 0 unspecified atom stereocenters. The van der Waals surface area contributed by atoms with Gasteiger partial charge >= 0.3 is 0 Å². The van der Waals surface area contributed by atoms with E-state index < -0.39 is 0 Å². The Morgan fingerprint density at radius 1 is 1.23 bits per heavy atom. The van der Waals surface area contributed by atoms with E-state index in [-0.39, 0.29) is 5.91 Å². The average molecular weight is 405 g/mol. The number of hydrogen-bond acceptors (Lipinski definition) is 7. The van der Waals surface area contributed by atoms with Crippen LogP contribution in [0, 0.1) is 0 Å². The number of nitrogens with zero attached hydrogens (tertiary/aromatic N) is 2. The number of benzene rings is 1. The second-order valence-corrected chi connectivity index (χ2v) is 8.75. The summed E-state index contributed by atoms with van der Waals surface area (Å²) >= 11 is 4.64. The van der Waals surface area contributed by atoms with Gasteiger partial charge in [0.05, 0.1) is 5.75 Å². The lowest BCUT2D eigenvalue weighted by Gasteiger charge is -2.05. The van der Waals surface area contributed by atoms with Gasteiger partial charge in [0, 0.05) is 17.1 Å². The van der Waals surface area contributed by atoms with Gasteiger partial charge in [-0.15, -0.1) is 21.5 Å². The third-order valence-corrected chi connectivity index (χ3v) is 6.53. The van der Waals surface area contributed by atoms with Crippen LogP contribution in [0.15, 0.2) is 46.1 Å². The highest BCUT2D eigenvalue weighted by Gasteiger charge is 2.09. The fourth-order valence-electron chi connectivity index (χ4n) is 2.28. The molecule has 0 radical (unpaired) electrons. The van der Waals surface area contributed by atoms with Gasteiger partial charge < -0.3 is 10.6 Å². The van der Waals surface area contributed by atoms with Gasteiger partial charge in [-0.25, -0.2) is 0 Å². The maximum atomic E-state index is 12.1. The summed E-state index contributed by atoms with van der Waals surface area (Å²) in [6.45, 7) is 2.92. The minimum atomic E-state index is -0.0364. The molecule has 5 nitrogen and oxygen atoms in total. The smallest absolute Gasteiger partial charge is 0.234 e. The molecule has 0 atom stereocenters. The molecule has 3 aromatic rings. The molecule has 136 valence electrons. The molecule has 1 aromatic carbocycles.